The maximum absolute atomic E-state index is 4.44. The first-order chi connectivity index (χ1) is 8.47. The smallest absolute Gasteiger partial charge is 0.180 e. The number of fused-ring (bicyclic) bond motifs is 1. The third kappa shape index (κ3) is 2.94. The Bertz CT molecular complexity index is 531. The first-order valence-corrected chi connectivity index (χ1v) is 6.28. The Hall–Kier alpha value is -1.71. The van der Waals surface area contributed by atoms with Crippen molar-refractivity contribution in [2.75, 3.05) is 11.9 Å². The van der Waals surface area contributed by atoms with E-state index in [-0.39, 0.29) is 0 Å². The minimum atomic E-state index is 0.295. The fraction of sp³-hybridized carbons (Fsp3) is 0.500. The quantitative estimate of drug-likeness (QED) is 0.901. The Morgan fingerprint density at radius 1 is 1.17 bits per heavy atom. The van der Waals surface area contributed by atoms with Crippen LogP contribution >= 0.6 is 0 Å². The van der Waals surface area contributed by atoms with E-state index in [2.05, 4.69) is 48.0 Å². The maximum atomic E-state index is 4.44. The molecular weight excluding hydrogens is 224 g/mol. The molecule has 2 aromatic heterocycles. The van der Waals surface area contributed by atoms with Gasteiger partial charge in [0.1, 0.15) is 11.3 Å². The van der Waals surface area contributed by atoms with Crippen molar-refractivity contribution in [2.24, 2.45) is 11.3 Å². The van der Waals surface area contributed by atoms with E-state index in [1.807, 2.05) is 12.1 Å². The molecule has 2 heterocycles. The summed E-state index contributed by atoms with van der Waals surface area (Å²) in [5.74, 6) is 1.43. The van der Waals surface area contributed by atoms with Gasteiger partial charge in [0.25, 0.3) is 0 Å². The largest absolute Gasteiger partial charge is 0.370 e. The minimum absolute atomic E-state index is 0.295. The molecule has 0 fully saturated rings. The molecule has 0 bridgehead atoms. The van der Waals surface area contributed by atoms with E-state index in [0.29, 0.717) is 17.0 Å². The molecule has 0 spiro atoms. The van der Waals surface area contributed by atoms with Crippen molar-refractivity contribution < 1.29 is 0 Å². The number of rotatable bonds is 3. The molecule has 0 aliphatic carbocycles. The molecule has 2 rings (SSSR count). The summed E-state index contributed by atoms with van der Waals surface area (Å²) < 4.78 is 0. The Morgan fingerprint density at radius 3 is 2.61 bits per heavy atom. The highest BCUT2D eigenvalue weighted by molar-refractivity contribution is 5.71. The lowest BCUT2D eigenvalue weighted by molar-refractivity contribution is 0.274. The topological polar surface area (TPSA) is 50.7 Å². The van der Waals surface area contributed by atoms with E-state index in [1.165, 1.54) is 0 Å². The summed E-state index contributed by atoms with van der Waals surface area (Å²) in [6.07, 6.45) is 3.34. The van der Waals surface area contributed by atoms with E-state index >= 15 is 0 Å². The second-order valence-electron chi connectivity index (χ2n) is 5.74. The van der Waals surface area contributed by atoms with Crippen LogP contribution in [0.4, 0.5) is 5.82 Å². The van der Waals surface area contributed by atoms with Crippen LogP contribution in [0.3, 0.4) is 0 Å². The molecule has 0 saturated heterocycles. The van der Waals surface area contributed by atoms with Gasteiger partial charge in [0, 0.05) is 18.9 Å². The van der Waals surface area contributed by atoms with Crippen LogP contribution in [0.2, 0.25) is 0 Å². The third-order valence-corrected chi connectivity index (χ3v) is 3.40. The molecule has 0 radical (unpaired) electrons. The molecule has 2 aromatic rings. The van der Waals surface area contributed by atoms with Gasteiger partial charge >= 0.3 is 0 Å². The van der Waals surface area contributed by atoms with Gasteiger partial charge < -0.3 is 5.32 Å². The predicted octanol–water partition coefficient (Wildman–Crippen LogP) is 3.12. The van der Waals surface area contributed by atoms with Crippen LogP contribution in [0, 0.1) is 11.3 Å². The molecule has 4 heteroatoms. The molecule has 4 nitrogen and oxygen atoms in total. The average molecular weight is 244 g/mol. The molecule has 0 aliphatic heterocycles. The van der Waals surface area contributed by atoms with Gasteiger partial charge in [0.2, 0.25) is 0 Å². The van der Waals surface area contributed by atoms with Crippen molar-refractivity contribution in [2.45, 2.75) is 27.7 Å². The lowest BCUT2D eigenvalue weighted by Crippen LogP contribution is -2.25. The van der Waals surface area contributed by atoms with E-state index in [4.69, 9.17) is 0 Å². The molecule has 0 aliphatic rings. The zero-order valence-electron chi connectivity index (χ0n) is 11.4. The zero-order chi connectivity index (χ0) is 13.2. The molecule has 1 unspecified atom stereocenters. The molecule has 1 N–H and O–H groups in total. The molecule has 0 saturated carbocycles. The summed E-state index contributed by atoms with van der Waals surface area (Å²) in [7, 11) is 0. The van der Waals surface area contributed by atoms with Crippen LogP contribution in [0.1, 0.15) is 27.7 Å². The first kappa shape index (κ1) is 12.7. The zero-order valence-corrected chi connectivity index (χ0v) is 11.4. The molecule has 96 valence electrons. The van der Waals surface area contributed by atoms with Crippen LogP contribution in [0.25, 0.3) is 11.2 Å². The molecule has 0 aromatic carbocycles. The second-order valence-corrected chi connectivity index (χ2v) is 5.74. The lowest BCUT2D eigenvalue weighted by Gasteiger charge is -2.27. The van der Waals surface area contributed by atoms with Crippen LogP contribution in [-0.4, -0.2) is 21.5 Å². The number of nitrogens with one attached hydrogen (secondary N) is 1. The second kappa shape index (κ2) is 4.88. The highest BCUT2D eigenvalue weighted by Crippen LogP contribution is 2.25. The maximum Gasteiger partial charge on any atom is 0.180 e. The number of anilines is 1. The standard InChI is InChI=1S/C14H20N4/c1-10(14(2,3)4)9-17-12-6-5-11-13(18-12)16-8-7-15-11/h5-8,10H,9H2,1-4H3,(H,16,17,18). The van der Waals surface area contributed by atoms with Crippen LogP contribution in [0.5, 0.6) is 0 Å². The van der Waals surface area contributed by atoms with Crippen LogP contribution < -0.4 is 5.32 Å². The summed E-state index contributed by atoms with van der Waals surface area (Å²) in [6, 6.07) is 3.89. The highest BCUT2D eigenvalue weighted by Gasteiger charge is 2.19. The van der Waals surface area contributed by atoms with Crippen molar-refractivity contribution in [3.8, 4) is 0 Å². The normalized spacial score (nSPS) is 13.6. The molecule has 0 amide bonds. The molecule has 18 heavy (non-hydrogen) atoms. The molecular formula is C14H20N4. The van der Waals surface area contributed by atoms with Crippen molar-refractivity contribution in [1.82, 2.24) is 15.0 Å². The Morgan fingerprint density at radius 2 is 1.89 bits per heavy atom. The lowest BCUT2D eigenvalue weighted by atomic mass is 9.82. The fourth-order valence-corrected chi connectivity index (χ4v) is 1.52. The van der Waals surface area contributed by atoms with E-state index in [1.54, 1.807) is 12.4 Å². The minimum Gasteiger partial charge on any atom is -0.370 e. The summed E-state index contributed by atoms with van der Waals surface area (Å²) in [6.45, 7) is 9.89. The number of hydrogen-bond acceptors (Lipinski definition) is 4. The number of hydrogen-bond donors (Lipinski definition) is 1. The van der Waals surface area contributed by atoms with Gasteiger partial charge in [-0.2, -0.15) is 0 Å². The Labute approximate surface area is 108 Å². The summed E-state index contributed by atoms with van der Waals surface area (Å²) in [4.78, 5) is 12.9. The van der Waals surface area contributed by atoms with Crippen LogP contribution in [0.15, 0.2) is 24.5 Å². The third-order valence-electron chi connectivity index (χ3n) is 3.40. The highest BCUT2D eigenvalue weighted by atomic mass is 15.0. The van der Waals surface area contributed by atoms with Gasteiger partial charge in [-0.3, -0.25) is 4.98 Å². The van der Waals surface area contributed by atoms with Crippen molar-refractivity contribution in [1.29, 1.82) is 0 Å². The Balaban J connectivity index is 2.08. The van der Waals surface area contributed by atoms with Gasteiger partial charge in [-0.1, -0.05) is 27.7 Å². The monoisotopic (exact) mass is 244 g/mol. The summed E-state index contributed by atoms with van der Waals surface area (Å²) in [5.41, 5.74) is 1.81. The molecule has 1 atom stereocenters. The van der Waals surface area contributed by atoms with E-state index < -0.39 is 0 Å². The van der Waals surface area contributed by atoms with Gasteiger partial charge in [-0.15, -0.1) is 0 Å². The predicted molar refractivity (Wildman–Crippen MR) is 74.4 cm³/mol. The van der Waals surface area contributed by atoms with Crippen molar-refractivity contribution >= 4 is 17.0 Å². The van der Waals surface area contributed by atoms with Crippen molar-refractivity contribution in [3.63, 3.8) is 0 Å². The summed E-state index contributed by atoms with van der Waals surface area (Å²) >= 11 is 0. The van der Waals surface area contributed by atoms with E-state index in [0.717, 1.165) is 17.9 Å². The van der Waals surface area contributed by atoms with Crippen molar-refractivity contribution in [3.05, 3.63) is 24.5 Å². The van der Waals surface area contributed by atoms with Gasteiger partial charge in [-0.25, -0.2) is 9.97 Å². The number of nitrogens with zero attached hydrogens (tertiary/aromatic N) is 3. The fourth-order valence-electron chi connectivity index (χ4n) is 1.52. The number of pyridine rings is 1. The number of aromatic nitrogens is 3. The van der Waals surface area contributed by atoms with Crippen LogP contribution in [-0.2, 0) is 0 Å². The van der Waals surface area contributed by atoms with Gasteiger partial charge in [0.05, 0.1) is 0 Å². The van der Waals surface area contributed by atoms with E-state index in [9.17, 15) is 0 Å². The van der Waals surface area contributed by atoms with Gasteiger partial charge in [0.15, 0.2) is 5.65 Å². The summed E-state index contributed by atoms with van der Waals surface area (Å²) in [5, 5.41) is 3.36. The average Bonchev–Trinajstić information content (AvgIpc) is 2.34. The Kier molecular flexibility index (Phi) is 3.45. The SMILES string of the molecule is CC(CNc1ccc2nccnc2n1)C(C)(C)C. The van der Waals surface area contributed by atoms with Gasteiger partial charge in [-0.05, 0) is 23.5 Å². The first-order valence-electron chi connectivity index (χ1n) is 6.28.